The van der Waals surface area contributed by atoms with Crippen LogP contribution in [0.25, 0.3) is 11.3 Å². The quantitative estimate of drug-likeness (QED) is 0.567. The topological polar surface area (TPSA) is 60.5 Å². The maximum absolute atomic E-state index is 13.8. The fourth-order valence-corrected chi connectivity index (χ4v) is 3.15. The number of nitrogens with zero attached hydrogens (tertiary/aromatic N) is 1. The zero-order valence-electron chi connectivity index (χ0n) is 14.8. The van der Waals surface area contributed by atoms with E-state index in [1.807, 2.05) is 30.3 Å². The summed E-state index contributed by atoms with van der Waals surface area (Å²) >= 11 is 1.30. The Morgan fingerprint density at radius 3 is 2.78 bits per heavy atom. The highest BCUT2D eigenvalue weighted by molar-refractivity contribution is 7.14. The third-order valence-corrected chi connectivity index (χ3v) is 4.52. The summed E-state index contributed by atoms with van der Waals surface area (Å²) in [6.07, 6.45) is 0.932. The molecule has 0 aliphatic carbocycles. The van der Waals surface area contributed by atoms with Crippen molar-refractivity contribution < 1.29 is 18.7 Å². The van der Waals surface area contributed by atoms with E-state index in [1.165, 1.54) is 24.5 Å². The summed E-state index contributed by atoms with van der Waals surface area (Å²) in [5.41, 5.74) is 1.23. The third kappa shape index (κ3) is 5.27. The van der Waals surface area contributed by atoms with Gasteiger partial charge in [-0.15, -0.1) is 11.3 Å². The molecule has 0 bridgehead atoms. The van der Waals surface area contributed by atoms with Gasteiger partial charge in [-0.25, -0.2) is 9.37 Å². The van der Waals surface area contributed by atoms with Crippen molar-refractivity contribution in [3.05, 3.63) is 59.7 Å². The van der Waals surface area contributed by atoms with Gasteiger partial charge in [-0.3, -0.25) is 4.79 Å². The molecule has 0 atom stereocenters. The minimum atomic E-state index is -0.452. The molecule has 0 aliphatic heterocycles. The van der Waals surface area contributed by atoms with Crippen molar-refractivity contribution in [2.24, 2.45) is 0 Å². The van der Waals surface area contributed by atoms with Gasteiger partial charge in [-0.05, 0) is 36.8 Å². The van der Waals surface area contributed by atoms with Gasteiger partial charge >= 0.3 is 0 Å². The van der Waals surface area contributed by atoms with Crippen molar-refractivity contribution in [3.63, 3.8) is 0 Å². The van der Waals surface area contributed by atoms with E-state index in [0.717, 1.165) is 5.75 Å². The van der Waals surface area contributed by atoms with E-state index in [4.69, 9.17) is 9.47 Å². The molecular weight excluding hydrogens is 367 g/mol. The molecule has 1 N–H and O–H groups in total. The van der Waals surface area contributed by atoms with Crippen molar-refractivity contribution in [1.29, 1.82) is 0 Å². The Labute approximate surface area is 160 Å². The average molecular weight is 386 g/mol. The lowest BCUT2D eigenvalue weighted by atomic mass is 10.1. The predicted octanol–water partition coefficient (Wildman–Crippen LogP) is 4.76. The van der Waals surface area contributed by atoms with E-state index >= 15 is 0 Å². The molecule has 0 fully saturated rings. The van der Waals surface area contributed by atoms with Crippen LogP contribution >= 0.6 is 11.3 Å². The number of thiazole rings is 1. The number of benzene rings is 2. The first-order valence-corrected chi connectivity index (χ1v) is 9.31. The number of anilines is 1. The summed E-state index contributed by atoms with van der Waals surface area (Å²) in [5.74, 6) is 0.384. The number of halogens is 1. The van der Waals surface area contributed by atoms with Gasteiger partial charge in [-0.2, -0.15) is 0 Å². The molecule has 0 saturated heterocycles. The number of carbonyl (C=O) groups is 1. The fourth-order valence-electron chi connectivity index (χ4n) is 2.41. The van der Waals surface area contributed by atoms with Gasteiger partial charge in [0.1, 0.15) is 5.75 Å². The van der Waals surface area contributed by atoms with Gasteiger partial charge in [0.05, 0.1) is 19.4 Å². The minimum absolute atomic E-state index is 0.131. The van der Waals surface area contributed by atoms with Crippen LogP contribution in [0.15, 0.2) is 53.9 Å². The normalized spacial score (nSPS) is 10.4. The Bertz CT molecular complexity index is 899. The van der Waals surface area contributed by atoms with Crippen LogP contribution in [-0.4, -0.2) is 24.6 Å². The fraction of sp³-hybridized carbons (Fsp3) is 0.200. The van der Waals surface area contributed by atoms with Gasteiger partial charge in [0, 0.05) is 17.4 Å². The zero-order valence-corrected chi connectivity index (χ0v) is 15.6. The smallest absolute Gasteiger partial charge is 0.226 e. The molecule has 0 saturated carbocycles. The first-order chi connectivity index (χ1) is 13.2. The van der Waals surface area contributed by atoms with Crippen molar-refractivity contribution in [2.75, 3.05) is 19.0 Å². The maximum atomic E-state index is 13.8. The summed E-state index contributed by atoms with van der Waals surface area (Å²) in [6, 6.07) is 14.1. The average Bonchev–Trinajstić information content (AvgIpc) is 3.14. The van der Waals surface area contributed by atoms with E-state index in [9.17, 15) is 9.18 Å². The minimum Gasteiger partial charge on any atom is -0.494 e. The highest BCUT2D eigenvalue weighted by Crippen LogP contribution is 2.28. The van der Waals surface area contributed by atoms with E-state index in [2.05, 4.69) is 10.3 Å². The standard InChI is InChI=1S/C20H19FN2O3S/c1-25-18-10-9-14(12-16(18)21)17-13-27-20(22-17)23-19(24)8-5-11-26-15-6-3-2-4-7-15/h2-4,6-7,9-10,12-13H,5,8,11H2,1H3,(H,22,23,24). The van der Waals surface area contributed by atoms with Crippen molar-refractivity contribution in [2.45, 2.75) is 12.8 Å². The summed E-state index contributed by atoms with van der Waals surface area (Å²) < 4.78 is 24.3. The van der Waals surface area contributed by atoms with E-state index in [-0.39, 0.29) is 11.7 Å². The van der Waals surface area contributed by atoms with Gasteiger partial charge < -0.3 is 14.8 Å². The van der Waals surface area contributed by atoms with Gasteiger partial charge in [0.25, 0.3) is 0 Å². The number of aromatic nitrogens is 1. The van der Waals surface area contributed by atoms with Crippen molar-refractivity contribution in [3.8, 4) is 22.8 Å². The van der Waals surface area contributed by atoms with Crippen LogP contribution in [0.4, 0.5) is 9.52 Å². The number of rotatable bonds is 8. The second-order valence-electron chi connectivity index (χ2n) is 5.70. The number of ether oxygens (including phenoxy) is 2. The highest BCUT2D eigenvalue weighted by atomic mass is 32.1. The molecule has 1 heterocycles. The number of amides is 1. The molecule has 3 aromatic rings. The molecule has 0 radical (unpaired) electrons. The number of hydrogen-bond donors (Lipinski definition) is 1. The molecule has 3 rings (SSSR count). The molecule has 0 aliphatic rings. The number of nitrogens with one attached hydrogen (secondary N) is 1. The van der Waals surface area contributed by atoms with E-state index in [1.54, 1.807) is 17.5 Å². The van der Waals surface area contributed by atoms with Crippen LogP contribution in [0.3, 0.4) is 0 Å². The molecule has 1 aromatic heterocycles. The van der Waals surface area contributed by atoms with Crippen LogP contribution in [-0.2, 0) is 4.79 Å². The summed E-state index contributed by atoms with van der Waals surface area (Å²) in [5, 5.41) is 5.02. The Morgan fingerprint density at radius 2 is 2.04 bits per heavy atom. The van der Waals surface area contributed by atoms with Crippen LogP contribution in [0.5, 0.6) is 11.5 Å². The molecule has 140 valence electrons. The first kappa shape index (κ1) is 18.8. The maximum Gasteiger partial charge on any atom is 0.226 e. The summed E-state index contributed by atoms with van der Waals surface area (Å²) in [7, 11) is 1.42. The monoisotopic (exact) mass is 386 g/mol. The van der Waals surface area contributed by atoms with Crippen LogP contribution in [0.1, 0.15) is 12.8 Å². The van der Waals surface area contributed by atoms with E-state index < -0.39 is 5.82 Å². The number of methoxy groups -OCH3 is 1. The molecular formula is C20H19FN2O3S. The summed E-state index contributed by atoms with van der Waals surface area (Å²) in [6.45, 7) is 0.464. The zero-order chi connectivity index (χ0) is 19.1. The molecule has 5 nitrogen and oxygen atoms in total. The SMILES string of the molecule is COc1ccc(-c2csc(NC(=O)CCCOc3ccccc3)n2)cc1F. The largest absolute Gasteiger partial charge is 0.494 e. The van der Waals surface area contributed by atoms with Crippen molar-refractivity contribution >= 4 is 22.4 Å². The van der Waals surface area contributed by atoms with Crippen LogP contribution in [0, 0.1) is 5.82 Å². The lowest BCUT2D eigenvalue weighted by Crippen LogP contribution is -2.12. The summed E-state index contributed by atoms with van der Waals surface area (Å²) in [4.78, 5) is 16.4. The van der Waals surface area contributed by atoms with Gasteiger partial charge in [-0.1, -0.05) is 18.2 Å². The Kier molecular flexibility index (Phi) is 6.38. The van der Waals surface area contributed by atoms with Gasteiger partial charge in [0.15, 0.2) is 16.7 Å². The second-order valence-corrected chi connectivity index (χ2v) is 6.56. The van der Waals surface area contributed by atoms with Gasteiger partial charge in [0.2, 0.25) is 5.91 Å². The lowest BCUT2D eigenvalue weighted by molar-refractivity contribution is -0.116. The predicted molar refractivity (Wildman–Crippen MR) is 104 cm³/mol. The van der Waals surface area contributed by atoms with Crippen LogP contribution in [0.2, 0.25) is 0 Å². The molecule has 0 unspecified atom stereocenters. The highest BCUT2D eigenvalue weighted by Gasteiger charge is 2.10. The molecule has 7 heteroatoms. The molecule has 1 amide bonds. The second kappa shape index (κ2) is 9.14. The number of carbonyl (C=O) groups excluding carboxylic acids is 1. The number of para-hydroxylation sites is 1. The Morgan fingerprint density at radius 1 is 1.22 bits per heavy atom. The molecule has 2 aromatic carbocycles. The lowest BCUT2D eigenvalue weighted by Gasteiger charge is -2.05. The molecule has 0 spiro atoms. The van der Waals surface area contributed by atoms with Crippen LogP contribution < -0.4 is 14.8 Å². The Balaban J connectivity index is 1.48. The first-order valence-electron chi connectivity index (χ1n) is 8.43. The van der Waals surface area contributed by atoms with Crippen molar-refractivity contribution in [1.82, 2.24) is 4.98 Å². The Hall–Kier alpha value is -2.93. The third-order valence-electron chi connectivity index (χ3n) is 3.76. The number of hydrogen-bond acceptors (Lipinski definition) is 5. The van der Waals surface area contributed by atoms with E-state index in [0.29, 0.717) is 35.8 Å². The molecule has 27 heavy (non-hydrogen) atoms.